The standard InChI is InChI=1S/C11H14FN4O6P/c12-6-2-16(10-8(6)9(13)14-4-15-10)11-7(17)1-5(22-11)3-21-23(18,19)20/h2,4-5,7,11,17H,1,3H2,(H2,13,14,15)(H2,18,19,20)/t5-,7+,11+/m0/s1. The number of aliphatic hydroxyl groups is 1. The topological polar surface area (TPSA) is 153 Å². The summed E-state index contributed by atoms with van der Waals surface area (Å²) in [5.74, 6) is -0.705. The van der Waals surface area contributed by atoms with Crippen LogP contribution >= 0.6 is 7.82 Å². The van der Waals surface area contributed by atoms with Gasteiger partial charge in [-0.3, -0.25) is 4.52 Å². The Morgan fingerprint density at radius 1 is 1.52 bits per heavy atom. The second-order valence-corrected chi connectivity index (χ2v) is 6.32. The van der Waals surface area contributed by atoms with Crippen LogP contribution in [0.3, 0.4) is 0 Å². The number of anilines is 1. The predicted molar refractivity (Wildman–Crippen MR) is 74.4 cm³/mol. The minimum Gasteiger partial charge on any atom is -0.388 e. The Bertz CT molecular complexity index is 779. The summed E-state index contributed by atoms with van der Waals surface area (Å²) in [6.45, 7) is -0.406. The van der Waals surface area contributed by atoms with E-state index in [0.717, 1.165) is 12.5 Å². The van der Waals surface area contributed by atoms with E-state index in [1.165, 1.54) is 4.57 Å². The molecule has 3 rings (SSSR count). The molecule has 12 heteroatoms. The molecule has 2 aromatic heterocycles. The molecule has 126 valence electrons. The van der Waals surface area contributed by atoms with Gasteiger partial charge in [0.15, 0.2) is 17.7 Å². The van der Waals surface area contributed by atoms with Gasteiger partial charge in [-0.15, -0.1) is 0 Å². The monoisotopic (exact) mass is 348 g/mol. The van der Waals surface area contributed by atoms with Crippen LogP contribution in [0, 0.1) is 5.82 Å². The Hall–Kier alpha value is -1.62. The third-order valence-corrected chi connectivity index (χ3v) is 3.95. The minimum absolute atomic E-state index is 0.0122. The van der Waals surface area contributed by atoms with Gasteiger partial charge in [-0.05, 0) is 0 Å². The fourth-order valence-electron chi connectivity index (χ4n) is 2.52. The molecule has 0 unspecified atom stereocenters. The molecule has 0 bridgehead atoms. The molecule has 0 aromatic carbocycles. The molecule has 23 heavy (non-hydrogen) atoms. The maximum Gasteiger partial charge on any atom is 0.469 e. The minimum atomic E-state index is -4.64. The molecule has 0 amide bonds. The number of fused-ring (bicyclic) bond motifs is 1. The zero-order valence-electron chi connectivity index (χ0n) is 11.6. The summed E-state index contributed by atoms with van der Waals surface area (Å²) in [6, 6.07) is 0. The van der Waals surface area contributed by atoms with E-state index >= 15 is 0 Å². The Balaban J connectivity index is 1.85. The van der Waals surface area contributed by atoms with Gasteiger partial charge < -0.3 is 29.9 Å². The van der Waals surface area contributed by atoms with E-state index in [4.69, 9.17) is 20.3 Å². The van der Waals surface area contributed by atoms with Gasteiger partial charge in [-0.2, -0.15) is 0 Å². The van der Waals surface area contributed by atoms with E-state index in [-0.39, 0.29) is 23.3 Å². The molecule has 2 aromatic rings. The van der Waals surface area contributed by atoms with Crippen molar-refractivity contribution in [3.05, 3.63) is 18.3 Å². The molecule has 1 saturated heterocycles. The maximum atomic E-state index is 14.0. The van der Waals surface area contributed by atoms with Gasteiger partial charge in [0.2, 0.25) is 0 Å². The third-order valence-electron chi connectivity index (χ3n) is 3.46. The van der Waals surface area contributed by atoms with E-state index < -0.39 is 38.7 Å². The molecule has 0 saturated carbocycles. The van der Waals surface area contributed by atoms with E-state index in [2.05, 4.69) is 14.5 Å². The van der Waals surface area contributed by atoms with Crippen LogP contribution in [0.4, 0.5) is 10.2 Å². The number of nitrogens with zero attached hydrogens (tertiary/aromatic N) is 3. The average Bonchev–Trinajstić information content (AvgIpc) is 2.97. The highest BCUT2D eigenvalue weighted by atomic mass is 31.2. The number of halogens is 1. The van der Waals surface area contributed by atoms with Crippen molar-refractivity contribution in [2.75, 3.05) is 12.3 Å². The quantitative estimate of drug-likeness (QED) is 0.555. The molecule has 0 radical (unpaired) electrons. The number of phosphoric acid groups is 1. The molecular formula is C11H14FN4O6P. The zero-order valence-corrected chi connectivity index (χ0v) is 12.5. The molecular weight excluding hydrogens is 334 g/mol. The van der Waals surface area contributed by atoms with Gasteiger partial charge >= 0.3 is 7.82 Å². The molecule has 3 heterocycles. The predicted octanol–water partition coefficient (Wildman–Crippen LogP) is -0.0897. The first-order chi connectivity index (χ1) is 10.8. The van der Waals surface area contributed by atoms with E-state index in [9.17, 15) is 14.1 Å². The lowest BCUT2D eigenvalue weighted by Gasteiger charge is -2.17. The number of hydrogen-bond acceptors (Lipinski definition) is 7. The molecule has 0 spiro atoms. The van der Waals surface area contributed by atoms with Crippen LogP contribution in [0.15, 0.2) is 12.5 Å². The second kappa shape index (κ2) is 5.78. The van der Waals surface area contributed by atoms with Gasteiger partial charge in [0, 0.05) is 12.6 Å². The lowest BCUT2D eigenvalue weighted by atomic mass is 10.2. The van der Waals surface area contributed by atoms with Gasteiger partial charge in [0.1, 0.15) is 18.2 Å². The van der Waals surface area contributed by atoms with Crippen LogP contribution in [-0.4, -0.2) is 48.2 Å². The van der Waals surface area contributed by atoms with Gasteiger partial charge in [-0.1, -0.05) is 0 Å². The lowest BCUT2D eigenvalue weighted by molar-refractivity contribution is -0.0480. The van der Waals surface area contributed by atoms with Gasteiger partial charge in [-0.25, -0.2) is 18.9 Å². The summed E-state index contributed by atoms with van der Waals surface area (Å²) in [4.78, 5) is 25.0. The molecule has 1 aliphatic heterocycles. The van der Waals surface area contributed by atoms with E-state index in [1.807, 2.05) is 0 Å². The molecule has 1 aliphatic rings. The highest BCUT2D eigenvalue weighted by molar-refractivity contribution is 7.46. The Morgan fingerprint density at radius 2 is 2.26 bits per heavy atom. The van der Waals surface area contributed by atoms with Crippen molar-refractivity contribution >= 4 is 24.7 Å². The van der Waals surface area contributed by atoms with Crippen LogP contribution in [0.2, 0.25) is 0 Å². The summed E-state index contributed by atoms with van der Waals surface area (Å²) < 4.78 is 35.8. The van der Waals surface area contributed by atoms with Crippen molar-refractivity contribution in [1.82, 2.24) is 14.5 Å². The summed E-state index contributed by atoms with van der Waals surface area (Å²) in [5, 5.41) is 10.1. The first-order valence-electron chi connectivity index (χ1n) is 6.56. The van der Waals surface area contributed by atoms with Crippen LogP contribution in [0.25, 0.3) is 11.0 Å². The number of phosphoric ester groups is 1. The fourth-order valence-corrected chi connectivity index (χ4v) is 2.88. The summed E-state index contributed by atoms with van der Waals surface area (Å²) in [5.41, 5.74) is 5.76. The highest BCUT2D eigenvalue weighted by Gasteiger charge is 2.37. The summed E-state index contributed by atoms with van der Waals surface area (Å²) in [6.07, 6.45) is -0.485. The largest absolute Gasteiger partial charge is 0.469 e. The number of rotatable bonds is 4. The fraction of sp³-hybridized carbons (Fsp3) is 0.455. The number of aliphatic hydroxyl groups excluding tert-OH is 1. The van der Waals surface area contributed by atoms with Crippen molar-refractivity contribution in [1.29, 1.82) is 0 Å². The first kappa shape index (κ1) is 16.2. The number of aromatic nitrogens is 3. The zero-order chi connectivity index (χ0) is 16.8. The third kappa shape index (κ3) is 3.20. The number of nitrogen functional groups attached to an aromatic ring is 1. The smallest absolute Gasteiger partial charge is 0.388 e. The molecule has 1 fully saturated rings. The number of nitrogens with two attached hydrogens (primary N) is 1. The van der Waals surface area contributed by atoms with Crippen molar-refractivity contribution in [2.45, 2.75) is 24.9 Å². The number of ether oxygens (including phenoxy) is 1. The normalized spacial score (nSPS) is 25.3. The SMILES string of the molecule is Nc1ncnc2c1c(F)cn2[C@@H]1O[C@H](COP(=O)(O)O)C[C@H]1O. The molecule has 5 N–H and O–H groups in total. The molecule has 10 nitrogen and oxygen atoms in total. The van der Waals surface area contributed by atoms with Crippen LogP contribution in [0.1, 0.15) is 12.6 Å². The van der Waals surface area contributed by atoms with Crippen LogP contribution in [0.5, 0.6) is 0 Å². The number of hydrogen-bond donors (Lipinski definition) is 4. The Labute approximate surface area is 128 Å². The van der Waals surface area contributed by atoms with Gasteiger partial charge in [0.05, 0.1) is 18.1 Å². The maximum absolute atomic E-state index is 14.0. The summed E-state index contributed by atoms with van der Waals surface area (Å²) >= 11 is 0. The van der Waals surface area contributed by atoms with Gasteiger partial charge in [0.25, 0.3) is 0 Å². The molecule has 3 atom stereocenters. The summed E-state index contributed by atoms with van der Waals surface area (Å²) in [7, 11) is -4.64. The van der Waals surface area contributed by atoms with Crippen molar-refractivity contribution < 1.29 is 33.1 Å². The van der Waals surface area contributed by atoms with Crippen molar-refractivity contribution in [3.63, 3.8) is 0 Å². The molecule has 0 aliphatic carbocycles. The second-order valence-electron chi connectivity index (χ2n) is 5.08. The Morgan fingerprint density at radius 3 is 2.96 bits per heavy atom. The van der Waals surface area contributed by atoms with Crippen LogP contribution in [-0.2, 0) is 13.8 Å². The lowest BCUT2D eigenvalue weighted by Crippen LogP contribution is -2.19. The highest BCUT2D eigenvalue weighted by Crippen LogP contribution is 2.39. The van der Waals surface area contributed by atoms with E-state index in [0.29, 0.717) is 0 Å². The van der Waals surface area contributed by atoms with E-state index in [1.54, 1.807) is 0 Å². The first-order valence-corrected chi connectivity index (χ1v) is 8.09. The van der Waals surface area contributed by atoms with Crippen molar-refractivity contribution in [3.8, 4) is 0 Å². The van der Waals surface area contributed by atoms with Crippen molar-refractivity contribution in [2.24, 2.45) is 0 Å². The van der Waals surface area contributed by atoms with Crippen LogP contribution < -0.4 is 5.73 Å². The Kier molecular flexibility index (Phi) is 4.08. The average molecular weight is 348 g/mol.